The summed E-state index contributed by atoms with van der Waals surface area (Å²) in [6.07, 6.45) is 3.65. The van der Waals surface area contributed by atoms with Gasteiger partial charge in [0.2, 0.25) is 0 Å². The monoisotopic (exact) mass is 206 g/mol. The first-order valence-electron chi connectivity index (χ1n) is 5.11. The van der Waals surface area contributed by atoms with Gasteiger partial charge in [0.15, 0.2) is 0 Å². The molecule has 0 saturated heterocycles. The fourth-order valence-electron chi connectivity index (χ4n) is 1.63. The SMILES string of the molecule is C=CCc1cc(CC)c(OC)cc1OC. The van der Waals surface area contributed by atoms with E-state index in [9.17, 15) is 0 Å². The number of hydrogen-bond donors (Lipinski definition) is 0. The first kappa shape index (κ1) is 11.6. The molecule has 0 unspecified atom stereocenters. The first-order chi connectivity index (χ1) is 7.26. The van der Waals surface area contributed by atoms with Gasteiger partial charge in [-0.05, 0) is 30.0 Å². The maximum atomic E-state index is 5.31. The average Bonchev–Trinajstić information content (AvgIpc) is 2.28. The van der Waals surface area contributed by atoms with E-state index in [1.807, 2.05) is 12.1 Å². The van der Waals surface area contributed by atoms with E-state index in [2.05, 4.69) is 19.6 Å². The standard InChI is InChI=1S/C13H18O2/c1-5-7-11-8-10(6-2)12(14-3)9-13(11)15-4/h5,8-9H,1,6-7H2,2-4H3. The fraction of sp³-hybridized carbons (Fsp3) is 0.385. The number of methoxy groups -OCH3 is 2. The van der Waals surface area contributed by atoms with Gasteiger partial charge in [-0.15, -0.1) is 6.58 Å². The Morgan fingerprint density at radius 1 is 1.13 bits per heavy atom. The minimum atomic E-state index is 0.820. The van der Waals surface area contributed by atoms with Gasteiger partial charge in [-0.3, -0.25) is 0 Å². The summed E-state index contributed by atoms with van der Waals surface area (Å²) in [6.45, 7) is 5.86. The minimum absolute atomic E-state index is 0.820. The van der Waals surface area contributed by atoms with Crippen molar-refractivity contribution in [1.29, 1.82) is 0 Å². The van der Waals surface area contributed by atoms with Gasteiger partial charge in [0.05, 0.1) is 14.2 Å². The normalized spacial score (nSPS) is 9.80. The highest BCUT2D eigenvalue weighted by atomic mass is 16.5. The summed E-state index contributed by atoms with van der Waals surface area (Å²) in [7, 11) is 3.36. The maximum Gasteiger partial charge on any atom is 0.126 e. The topological polar surface area (TPSA) is 18.5 Å². The molecule has 0 aromatic heterocycles. The molecule has 2 nitrogen and oxygen atoms in total. The van der Waals surface area contributed by atoms with Crippen LogP contribution in [0.2, 0.25) is 0 Å². The Bertz CT molecular complexity index is 343. The second kappa shape index (κ2) is 5.44. The predicted octanol–water partition coefficient (Wildman–Crippen LogP) is 2.99. The minimum Gasteiger partial charge on any atom is -0.496 e. The summed E-state index contributed by atoms with van der Waals surface area (Å²) in [5.41, 5.74) is 2.36. The molecular formula is C13H18O2. The lowest BCUT2D eigenvalue weighted by atomic mass is 10.0. The molecule has 1 aromatic carbocycles. The third-order valence-corrected chi connectivity index (χ3v) is 2.43. The highest BCUT2D eigenvalue weighted by Gasteiger charge is 2.08. The van der Waals surface area contributed by atoms with E-state index in [-0.39, 0.29) is 0 Å². The van der Waals surface area contributed by atoms with Crippen molar-refractivity contribution < 1.29 is 9.47 Å². The molecule has 1 aromatic rings. The highest BCUT2D eigenvalue weighted by Crippen LogP contribution is 2.29. The molecule has 0 bridgehead atoms. The van der Waals surface area contributed by atoms with Crippen LogP contribution in [0, 0.1) is 0 Å². The van der Waals surface area contributed by atoms with Gasteiger partial charge in [-0.25, -0.2) is 0 Å². The third-order valence-electron chi connectivity index (χ3n) is 2.43. The van der Waals surface area contributed by atoms with Crippen LogP contribution in [0.3, 0.4) is 0 Å². The van der Waals surface area contributed by atoms with Gasteiger partial charge in [-0.2, -0.15) is 0 Å². The van der Waals surface area contributed by atoms with E-state index >= 15 is 0 Å². The van der Waals surface area contributed by atoms with E-state index in [1.165, 1.54) is 5.56 Å². The van der Waals surface area contributed by atoms with Crippen LogP contribution in [0.5, 0.6) is 11.5 Å². The second-order valence-electron chi connectivity index (χ2n) is 3.32. The molecule has 0 saturated carbocycles. The third kappa shape index (κ3) is 2.52. The van der Waals surface area contributed by atoms with E-state index in [4.69, 9.17) is 9.47 Å². The van der Waals surface area contributed by atoms with Gasteiger partial charge >= 0.3 is 0 Å². The molecule has 0 radical (unpaired) electrons. The summed E-state index contributed by atoms with van der Waals surface area (Å²) in [6, 6.07) is 4.07. The fourth-order valence-corrected chi connectivity index (χ4v) is 1.63. The van der Waals surface area contributed by atoms with Crippen molar-refractivity contribution in [1.82, 2.24) is 0 Å². The molecule has 0 fully saturated rings. The summed E-state index contributed by atoms with van der Waals surface area (Å²) in [4.78, 5) is 0. The van der Waals surface area contributed by atoms with Crippen molar-refractivity contribution in [2.45, 2.75) is 19.8 Å². The Kier molecular flexibility index (Phi) is 4.22. The summed E-state index contributed by atoms with van der Waals surface area (Å²) < 4.78 is 10.6. The zero-order valence-corrected chi connectivity index (χ0v) is 9.67. The molecule has 1 rings (SSSR count). The molecule has 0 spiro atoms. The quantitative estimate of drug-likeness (QED) is 0.689. The van der Waals surface area contributed by atoms with Gasteiger partial charge in [0.1, 0.15) is 11.5 Å². The Morgan fingerprint density at radius 3 is 2.20 bits per heavy atom. The lowest BCUT2D eigenvalue weighted by Crippen LogP contribution is -1.97. The molecule has 15 heavy (non-hydrogen) atoms. The van der Waals surface area contributed by atoms with Crippen molar-refractivity contribution in [3.8, 4) is 11.5 Å². The first-order valence-corrected chi connectivity index (χ1v) is 5.11. The number of benzene rings is 1. The molecule has 0 aliphatic heterocycles. The zero-order chi connectivity index (χ0) is 11.3. The lowest BCUT2D eigenvalue weighted by molar-refractivity contribution is 0.389. The van der Waals surface area contributed by atoms with Crippen LogP contribution < -0.4 is 9.47 Å². The van der Waals surface area contributed by atoms with Crippen LogP contribution in [0.15, 0.2) is 24.8 Å². The molecule has 0 amide bonds. The van der Waals surface area contributed by atoms with E-state index < -0.39 is 0 Å². The number of hydrogen-bond acceptors (Lipinski definition) is 2. The van der Waals surface area contributed by atoms with E-state index in [0.717, 1.165) is 29.9 Å². The van der Waals surface area contributed by atoms with Crippen molar-refractivity contribution in [3.63, 3.8) is 0 Å². The lowest BCUT2D eigenvalue weighted by Gasteiger charge is -2.13. The van der Waals surface area contributed by atoms with Gasteiger partial charge in [0.25, 0.3) is 0 Å². The Balaban J connectivity index is 3.20. The highest BCUT2D eigenvalue weighted by molar-refractivity contribution is 5.47. The smallest absolute Gasteiger partial charge is 0.126 e. The van der Waals surface area contributed by atoms with Crippen molar-refractivity contribution >= 4 is 0 Å². The molecule has 0 atom stereocenters. The van der Waals surface area contributed by atoms with Gasteiger partial charge in [-0.1, -0.05) is 13.0 Å². The maximum absolute atomic E-state index is 5.31. The Hall–Kier alpha value is -1.44. The summed E-state index contributed by atoms with van der Waals surface area (Å²) >= 11 is 0. The van der Waals surface area contributed by atoms with Crippen LogP contribution >= 0.6 is 0 Å². The van der Waals surface area contributed by atoms with Crippen molar-refractivity contribution in [2.24, 2.45) is 0 Å². The van der Waals surface area contributed by atoms with Gasteiger partial charge in [0, 0.05) is 6.07 Å². The molecule has 0 aliphatic rings. The van der Waals surface area contributed by atoms with Gasteiger partial charge < -0.3 is 9.47 Å². The van der Waals surface area contributed by atoms with E-state index in [0.29, 0.717) is 0 Å². The number of ether oxygens (including phenoxy) is 2. The summed E-state index contributed by atoms with van der Waals surface area (Å²) in [5.74, 6) is 1.76. The molecular weight excluding hydrogens is 188 g/mol. The Morgan fingerprint density at radius 2 is 1.73 bits per heavy atom. The molecule has 82 valence electrons. The predicted molar refractivity (Wildman–Crippen MR) is 62.8 cm³/mol. The van der Waals surface area contributed by atoms with Crippen molar-refractivity contribution in [2.75, 3.05) is 14.2 Å². The zero-order valence-electron chi connectivity index (χ0n) is 9.67. The number of rotatable bonds is 5. The number of aryl methyl sites for hydroxylation is 1. The Labute approximate surface area is 91.5 Å². The van der Waals surface area contributed by atoms with Crippen LogP contribution in [-0.2, 0) is 12.8 Å². The van der Waals surface area contributed by atoms with Crippen LogP contribution in [0.1, 0.15) is 18.1 Å². The van der Waals surface area contributed by atoms with Crippen LogP contribution in [-0.4, -0.2) is 14.2 Å². The average molecular weight is 206 g/mol. The summed E-state index contributed by atoms with van der Waals surface area (Å²) in [5, 5.41) is 0. The van der Waals surface area contributed by atoms with Crippen LogP contribution in [0.4, 0.5) is 0 Å². The van der Waals surface area contributed by atoms with Crippen molar-refractivity contribution in [3.05, 3.63) is 35.9 Å². The molecule has 0 heterocycles. The largest absolute Gasteiger partial charge is 0.496 e. The molecule has 2 heteroatoms. The number of allylic oxidation sites excluding steroid dienone is 1. The van der Waals surface area contributed by atoms with Crippen LogP contribution in [0.25, 0.3) is 0 Å². The molecule has 0 N–H and O–H groups in total. The second-order valence-corrected chi connectivity index (χ2v) is 3.32. The molecule has 0 aliphatic carbocycles. The van der Waals surface area contributed by atoms with E-state index in [1.54, 1.807) is 14.2 Å².